The SMILES string of the molecule is O=C(c1ccc2cc(Br)ccc2c1)c1cscc1Br. The Morgan fingerprint density at radius 1 is 0.947 bits per heavy atom. The molecule has 3 aromatic rings. The topological polar surface area (TPSA) is 17.1 Å². The summed E-state index contributed by atoms with van der Waals surface area (Å²) in [5.74, 6) is 0.0537. The van der Waals surface area contributed by atoms with Gasteiger partial charge in [-0.05, 0) is 44.9 Å². The Bertz CT molecular complexity index is 777. The first kappa shape index (κ1) is 13.0. The second-order valence-corrected chi connectivity index (χ2v) is 6.68. The van der Waals surface area contributed by atoms with Crippen LogP contribution in [0.1, 0.15) is 15.9 Å². The minimum atomic E-state index is 0.0537. The maximum absolute atomic E-state index is 12.4. The molecule has 0 radical (unpaired) electrons. The number of halogens is 2. The number of thiophene rings is 1. The predicted molar refractivity (Wildman–Crippen MR) is 87.1 cm³/mol. The van der Waals surface area contributed by atoms with Gasteiger partial charge in [0.15, 0.2) is 5.78 Å². The summed E-state index contributed by atoms with van der Waals surface area (Å²) in [6.07, 6.45) is 0. The van der Waals surface area contributed by atoms with E-state index in [0.717, 1.165) is 25.3 Å². The Kier molecular flexibility index (Phi) is 3.56. The Morgan fingerprint density at radius 3 is 2.42 bits per heavy atom. The summed E-state index contributed by atoms with van der Waals surface area (Å²) in [6.45, 7) is 0. The molecule has 0 aliphatic rings. The third-order valence-electron chi connectivity index (χ3n) is 2.92. The number of ketones is 1. The summed E-state index contributed by atoms with van der Waals surface area (Å²) in [6, 6.07) is 11.8. The molecule has 3 rings (SSSR count). The van der Waals surface area contributed by atoms with Gasteiger partial charge in [0.25, 0.3) is 0 Å². The van der Waals surface area contributed by atoms with Crippen LogP contribution in [0.4, 0.5) is 0 Å². The van der Waals surface area contributed by atoms with Crippen LogP contribution in [0.3, 0.4) is 0 Å². The molecule has 19 heavy (non-hydrogen) atoms. The molecule has 0 spiro atoms. The lowest BCUT2D eigenvalue weighted by molar-refractivity contribution is 0.103. The van der Waals surface area contributed by atoms with Gasteiger partial charge >= 0.3 is 0 Å². The molecular weight excluding hydrogens is 388 g/mol. The van der Waals surface area contributed by atoms with Gasteiger partial charge in [-0.1, -0.05) is 34.1 Å². The number of rotatable bonds is 2. The van der Waals surface area contributed by atoms with Crippen LogP contribution in [0.2, 0.25) is 0 Å². The first-order chi connectivity index (χ1) is 9.15. The van der Waals surface area contributed by atoms with Gasteiger partial charge in [-0.2, -0.15) is 11.3 Å². The van der Waals surface area contributed by atoms with E-state index < -0.39 is 0 Å². The molecule has 1 aromatic heterocycles. The molecular formula is C15H8Br2OS. The van der Waals surface area contributed by atoms with Crippen LogP contribution in [0.25, 0.3) is 10.8 Å². The molecule has 94 valence electrons. The zero-order chi connectivity index (χ0) is 13.4. The van der Waals surface area contributed by atoms with Crippen LogP contribution in [0.5, 0.6) is 0 Å². The third-order valence-corrected chi connectivity index (χ3v) is 5.12. The molecule has 0 aliphatic carbocycles. The van der Waals surface area contributed by atoms with E-state index in [-0.39, 0.29) is 5.78 Å². The first-order valence-electron chi connectivity index (χ1n) is 5.61. The molecule has 4 heteroatoms. The Morgan fingerprint density at radius 2 is 1.68 bits per heavy atom. The summed E-state index contributed by atoms with van der Waals surface area (Å²) in [5, 5.41) is 5.99. The number of carbonyl (C=O) groups excluding carboxylic acids is 1. The molecule has 0 amide bonds. The van der Waals surface area contributed by atoms with Gasteiger partial charge in [-0.3, -0.25) is 4.79 Å². The second-order valence-electron chi connectivity index (χ2n) is 4.17. The number of benzene rings is 2. The predicted octanol–water partition coefficient (Wildman–Crippen LogP) is 5.66. The minimum absolute atomic E-state index is 0.0537. The number of hydrogen-bond acceptors (Lipinski definition) is 2. The maximum atomic E-state index is 12.4. The summed E-state index contributed by atoms with van der Waals surface area (Å²) < 4.78 is 1.90. The van der Waals surface area contributed by atoms with E-state index in [0.29, 0.717) is 5.56 Å². The van der Waals surface area contributed by atoms with Gasteiger partial charge in [0.1, 0.15) is 0 Å². The molecule has 1 heterocycles. The highest BCUT2D eigenvalue weighted by Gasteiger charge is 2.13. The zero-order valence-electron chi connectivity index (χ0n) is 9.69. The minimum Gasteiger partial charge on any atom is -0.289 e. The van der Waals surface area contributed by atoms with Crippen molar-refractivity contribution in [1.29, 1.82) is 0 Å². The fourth-order valence-electron chi connectivity index (χ4n) is 1.96. The van der Waals surface area contributed by atoms with Crippen molar-refractivity contribution in [2.75, 3.05) is 0 Å². The van der Waals surface area contributed by atoms with Gasteiger partial charge in [0, 0.05) is 30.8 Å². The summed E-state index contributed by atoms with van der Waals surface area (Å²) in [5.41, 5.74) is 1.44. The van der Waals surface area contributed by atoms with Gasteiger partial charge in [-0.15, -0.1) is 0 Å². The molecule has 0 atom stereocenters. The fourth-order valence-corrected chi connectivity index (χ4v) is 3.79. The molecule has 2 aromatic carbocycles. The third kappa shape index (κ3) is 2.53. The van der Waals surface area contributed by atoms with E-state index in [1.807, 2.05) is 47.2 Å². The Balaban J connectivity index is 2.09. The highest BCUT2D eigenvalue weighted by Crippen LogP contribution is 2.26. The van der Waals surface area contributed by atoms with Crippen molar-refractivity contribution in [1.82, 2.24) is 0 Å². The molecule has 0 bridgehead atoms. The number of carbonyl (C=O) groups is 1. The van der Waals surface area contributed by atoms with E-state index in [4.69, 9.17) is 0 Å². The molecule has 0 fully saturated rings. The molecule has 0 aliphatic heterocycles. The van der Waals surface area contributed by atoms with Crippen LogP contribution in [0, 0.1) is 0 Å². The molecule has 0 N–H and O–H groups in total. The average molecular weight is 396 g/mol. The van der Waals surface area contributed by atoms with Crippen molar-refractivity contribution >= 4 is 59.8 Å². The Hall–Kier alpha value is -0.970. The number of hydrogen-bond donors (Lipinski definition) is 0. The zero-order valence-corrected chi connectivity index (χ0v) is 13.7. The lowest BCUT2D eigenvalue weighted by atomic mass is 10.0. The summed E-state index contributed by atoms with van der Waals surface area (Å²) in [4.78, 5) is 12.4. The maximum Gasteiger partial charge on any atom is 0.195 e. The summed E-state index contributed by atoms with van der Waals surface area (Å²) in [7, 11) is 0. The van der Waals surface area contributed by atoms with Crippen LogP contribution >= 0.6 is 43.2 Å². The fraction of sp³-hybridized carbons (Fsp3) is 0. The van der Waals surface area contributed by atoms with Crippen LogP contribution in [-0.2, 0) is 0 Å². The highest BCUT2D eigenvalue weighted by molar-refractivity contribution is 9.10. The van der Waals surface area contributed by atoms with Gasteiger partial charge in [-0.25, -0.2) is 0 Å². The molecule has 0 saturated heterocycles. The Labute approximate surface area is 131 Å². The van der Waals surface area contributed by atoms with E-state index in [1.165, 1.54) is 11.3 Å². The average Bonchev–Trinajstić information content (AvgIpc) is 2.83. The van der Waals surface area contributed by atoms with Crippen molar-refractivity contribution in [3.63, 3.8) is 0 Å². The number of fused-ring (bicyclic) bond motifs is 1. The summed E-state index contributed by atoms with van der Waals surface area (Å²) >= 11 is 8.38. The smallest absolute Gasteiger partial charge is 0.195 e. The van der Waals surface area contributed by atoms with Crippen LogP contribution in [-0.4, -0.2) is 5.78 Å². The standard InChI is InChI=1S/C15H8Br2OS/c16-12-4-3-9-5-11(2-1-10(9)6-12)15(18)13-7-19-8-14(13)17/h1-8H. The molecule has 0 saturated carbocycles. The van der Waals surface area contributed by atoms with Crippen molar-refractivity contribution in [2.24, 2.45) is 0 Å². The molecule has 1 nitrogen and oxygen atoms in total. The van der Waals surface area contributed by atoms with Crippen molar-refractivity contribution in [3.05, 3.63) is 67.2 Å². The van der Waals surface area contributed by atoms with Gasteiger partial charge in [0.2, 0.25) is 0 Å². The van der Waals surface area contributed by atoms with E-state index in [9.17, 15) is 4.79 Å². The van der Waals surface area contributed by atoms with Crippen molar-refractivity contribution < 1.29 is 4.79 Å². The van der Waals surface area contributed by atoms with E-state index >= 15 is 0 Å². The van der Waals surface area contributed by atoms with Crippen LogP contribution in [0.15, 0.2) is 56.1 Å². The lowest BCUT2D eigenvalue weighted by Gasteiger charge is -2.03. The monoisotopic (exact) mass is 394 g/mol. The lowest BCUT2D eigenvalue weighted by Crippen LogP contribution is -2.00. The quantitative estimate of drug-likeness (QED) is 0.512. The van der Waals surface area contributed by atoms with Gasteiger partial charge < -0.3 is 0 Å². The first-order valence-corrected chi connectivity index (χ1v) is 8.14. The highest BCUT2D eigenvalue weighted by atomic mass is 79.9. The normalized spacial score (nSPS) is 10.8. The van der Waals surface area contributed by atoms with E-state index in [1.54, 1.807) is 0 Å². The van der Waals surface area contributed by atoms with Gasteiger partial charge in [0.05, 0.1) is 0 Å². The van der Waals surface area contributed by atoms with Crippen LogP contribution < -0.4 is 0 Å². The molecule has 0 unspecified atom stereocenters. The van der Waals surface area contributed by atoms with E-state index in [2.05, 4.69) is 31.9 Å². The van der Waals surface area contributed by atoms with Crippen molar-refractivity contribution in [3.8, 4) is 0 Å². The second kappa shape index (κ2) is 5.19. The largest absolute Gasteiger partial charge is 0.289 e. The van der Waals surface area contributed by atoms with Crippen molar-refractivity contribution in [2.45, 2.75) is 0 Å².